The second kappa shape index (κ2) is 12.0. The van der Waals surface area contributed by atoms with Gasteiger partial charge in [-0.15, -0.1) is 0 Å². The van der Waals surface area contributed by atoms with E-state index in [2.05, 4.69) is 5.32 Å². The van der Waals surface area contributed by atoms with Crippen LogP contribution in [0.5, 0.6) is 0 Å². The van der Waals surface area contributed by atoms with E-state index in [-0.39, 0.29) is 24.3 Å². The van der Waals surface area contributed by atoms with Gasteiger partial charge in [-0.25, -0.2) is 18.3 Å². The van der Waals surface area contributed by atoms with Crippen molar-refractivity contribution >= 4 is 26.5 Å². The first-order valence-electron chi connectivity index (χ1n) is 11.9. The van der Waals surface area contributed by atoms with E-state index < -0.39 is 20.5 Å². The molecule has 9 nitrogen and oxygen atoms in total. The highest BCUT2D eigenvalue weighted by Crippen LogP contribution is 2.27. The van der Waals surface area contributed by atoms with E-state index in [0.717, 1.165) is 11.8 Å². The Labute approximate surface area is 215 Å². The summed E-state index contributed by atoms with van der Waals surface area (Å²) in [6.07, 6.45) is 2.18. The Morgan fingerprint density at radius 1 is 1.19 bits per heavy atom. The number of carbonyl (C=O) groups excluding carboxylic acids is 1. The molecule has 3 rings (SSSR count). The quantitative estimate of drug-likeness (QED) is 0.186. The lowest BCUT2D eigenvalue weighted by Gasteiger charge is -2.25. The van der Waals surface area contributed by atoms with Crippen LogP contribution in [0, 0.1) is 5.82 Å². The summed E-state index contributed by atoms with van der Waals surface area (Å²) in [6, 6.07) is 11.7. The first kappa shape index (κ1) is 28.5. The maximum atomic E-state index is 14.9. The predicted octanol–water partition coefficient (Wildman–Crippen LogP) is 2.63. The number of benzene rings is 2. The number of ether oxygens (including phenoxy) is 1. The molecule has 1 aromatic heterocycles. The third kappa shape index (κ3) is 6.42. The van der Waals surface area contributed by atoms with Gasteiger partial charge < -0.3 is 14.6 Å². The number of aryl methyl sites for hydroxylation is 1. The minimum Gasteiger partial charge on any atom is -0.380 e. The standard InChI is InChI=1S/C26H32FN3O6S/c1-4-36-14-11-28-17-18-5-7-21(23(27)15-18)19-6-8-22-20(16-19)9-12-30(24(22)31)13-10-26(2,25(32)29-33)37(3,34)35/h5-9,12,15-16,28,33H,4,10-11,13-14,17H2,1-3H3,(H,29,32)/t26-/m1/s1. The third-order valence-electron chi connectivity index (χ3n) is 6.51. The zero-order valence-corrected chi connectivity index (χ0v) is 21.9. The molecule has 0 fully saturated rings. The molecule has 0 spiro atoms. The second-order valence-electron chi connectivity index (χ2n) is 9.00. The lowest BCUT2D eigenvalue weighted by Crippen LogP contribution is -2.49. The Morgan fingerprint density at radius 3 is 2.59 bits per heavy atom. The van der Waals surface area contributed by atoms with Crippen LogP contribution in [-0.2, 0) is 32.5 Å². The lowest BCUT2D eigenvalue weighted by molar-refractivity contribution is -0.131. The lowest BCUT2D eigenvalue weighted by atomic mass is 10.00. The second-order valence-corrected chi connectivity index (χ2v) is 11.4. The van der Waals surface area contributed by atoms with E-state index in [4.69, 9.17) is 9.94 Å². The molecule has 11 heteroatoms. The summed E-state index contributed by atoms with van der Waals surface area (Å²) < 4.78 is 43.9. The summed E-state index contributed by atoms with van der Waals surface area (Å²) in [6.45, 7) is 5.48. The average Bonchev–Trinajstić information content (AvgIpc) is 2.86. The highest BCUT2D eigenvalue weighted by Gasteiger charge is 2.43. The van der Waals surface area contributed by atoms with E-state index >= 15 is 0 Å². The fourth-order valence-corrected chi connectivity index (χ4v) is 4.82. The average molecular weight is 534 g/mol. The summed E-state index contributed by atoms with van der Waals surface area (Å²) in [5.74, 6) is -1.44. The van der Waals surface area contributed by atoms with Crippen molar-refractivity contribution in [2.75, 3.05) is 26.0 Å². The summed E-state index contributed by atoms with van der Waals surface area (Å²) in [7, 11) is -3.89. The highest BCUT2D eigenvalue weighted by molar-refractivity contribution is 7.92. The van der Waals surface area contributed by atoms with E-state index in [1.807, 2.05) is 13.0 Å². The number of nitrogens with zero attached hydrogens (tertiary/aromatic N) is 1. The number of carbonyl (C=O) groups is 1. The van der Waals surface area contributed by atoms with Gasteiger partial charge in [0, 0.05) is 49.6 Å². The molecule has 1 amide bonds. The largest absolute Gasteiger partial charge is 0.380 e. The number of aromatic nitrogens is 1. The van der Waals surface area contributed by atoms with E-state index in [1.54, 1.807) is 30.3 Å². The van der Waals surface area contributed by atoms with Gasteiger partial charge in [0.05, 0.1) is 6.61 Å². The van der Waals surface area contributed by atoms with Crippen LogP contribution in [0.25, 0.3) is 21.9 Å². The van der Waals surface area contributed by atoms with Crippen LogP contribution in [-0.4, -0.2) is 54.9 Å². The van der Waals surface area contributed by atoms with Crippen LogP contribution in [0.2, 0.25) is 0 Å². The van der Waals surface area contributed by atoms with Crippen molar-refractivity contribution in [2.24, 2.45) is 0 Å². The fourth-order valence-electron chi connectivity index (χ4n) is 3.98. The molecule has 0 aliphatic heterocycles. The van der Waals surface area contributed by atoms with Gasteiger partial charge >= 0.3 is 0 Å². The summed E-state index contributed by atoms with van der Waals surface area (Å²) in [5.41, 5.74) is 2.84. The molecular formula is C26H32FN3O6S. The van der Waals surface area contributed by atoms with Crippen LogP contribution < -0.4 is 16.4 Å². The van der Waals surface area contributed by atoms with Gasteiger partial charge in [-0.05, 0) is 61.0 Å². The normalized spacial score (nSPS) is 13.4. The Kier molecular flexibility index (Phi) is 9.19. The van der Waals surface area contributed by atoms with Gasteiger partial charge in [-0.1, -0.05) is 18.2 Å². The summed E-state index contributed by atoms with van der Waals surface area (Å²) in [4.78, 5) is 25.1. The Bertz CT molecular complexity index is 1440. The number of fused-ring (bicyclic) bond motifs is 1. The summed E-state index contributed by atoms with van der Waals surface area (Å²) >= 11 is 0. The topological polar surface area (TPSA) is 127 Å². The molecule has 0 saturated heterocycles. The first-order valence-corrected chi connectivity index (χ1v) is 13.8. The molecule has 3 aromatic rings. The van der Waals surface area contributed by atoms with E-state index in [0.29, 0.717) is 48.2 Å². The molecule has 0 bridgehead atoms. The van der Waals surface area contributed by atoms with Gasteiger partial charge in [0.15, 0.2) is 14.6 Å². The van der Waals surface area contributed by atoms with Crippen molar-refractivity contribution in [2.45, 2.75) is 38.1 Å². The van der Waals surface area contributed by atoms with Gasteiger partial charge in [-0.3, -0.25) is 14.8 Å². The van der Waals surface area contributed by atoms with Crippen LogP contribution in [0.15, 0.2) is 53.5 Å². The number of hydrogen-bond donors (Lipinski definition) is 3. The van der Waals surface area contributed by atoms with Crippen LogP contribution in [0.1, 0.15) is 25.8 Å². The SMILES string of the molecule is CCOCCNCc1ccc(-c2ccc3c(=O)n(CC[C@](C)(C(=O)NO)S(C)(=O)=O)ccc3c2)c(F)c1. The highest BCUT2D eigenvalue weighted by atomic mass is 32.2. The molecule has 37 heavy (non-hydrogen) atoms. The van der Waals surface area contributed by atoms with Crippen molar-refractivity contribution in [3.63, 3.8) is 0 Å². The van der Waals surface area contributed by atoms with Gasteiger partial charge in [0.1, 0.15) is 5.82 Å². The minimum absolute atomic E-state index is 0.0673. The Hall–Kier alpha value is -3.12. The number of amides is 1. The van der Waals surface area contributed by atoms with Crippen molar-refractivity contribution in [3.8, 4) is 11.1 Å². The molecule has 200 valence electrons. The monoisotopic (exact) mass is 533 g/mol. The number of pyridine rings is 1. The molecule has 0 saturated carbocycles. The van der Waals surface area contributed by atoms with Crippen molar-refractivity contribution < 1.29 is 27.5 Å². The summed E-state index contributed by atoms with van der Waals surface area (Å²) in [5, 5.41) is 13.1. The number of nitrogens with one attached hydrogen (secondary N) is 2. The third-order valence-corrected chi connectivity index (χ3v) is 8.53. The zero-order valence-electron chi connectivity index (χ0n) is 21.1. The number of sulfone groups is 1. The number of hydrogen-bond acceptors (Lipinski definition) is 7. The van der Waals surface area contributed by atoms with Crippen LogP contribution in [0.4, 0.5) is 4.39 Å². The molecule has 0 aliphatic carbocycles. The maximum absolute atomic E-state index is 14.9. The fraction of sp³-hybridized carbons (Fsp3) is 0.385. The smallest absolute Gasteiger partial charge is 0.264 e. The van der Waals surface area contributed by atoms with Crippen molar-refractivity contribution in [1.29, 1.82) is 0 Å². The number of rotatable bonds is 12. The molecule has 0 aliphatic rings. The van der Waals surface area contributed by atoms with Crippen LogP contribution in [0.3, 0.4) is 0 Å². The Morgan fingerprint density at radius 2 is 1.95 bits per heavy atom. The molecule has 1 atom stereocenters. The molecule has 0 unspecified atom stereocenters. The molecule has 0 radical (unpaired) electrons. The predicted molar refractivity (Wildman–Crippen MR) is 140 cm³/mol. The molecule has 2 aromatic carbocycles. The van der Waals surface area contributed by atoms with Gasteiger partial charge in [0.25, 0.3) is 11.5 Å². The van der Waals surface area contributed by atoms with E-state index in [1.165, 1.54) is 29.2 Å². The van der Waals surface area contributed by atoms with Crippen LogP contribution >= 0.6 is 0 Å². The molecule has 1 heterocycles. The van der Waals surface area contributed by atoms with E-state index in [9.17, 15) is 22.4 Å². The zero-order chi connectivity index (χ0) is 27.2. The number of halogens is 1. The first-order chi connectivity index (χ1) is 17.5. The van der Waals surface area contributed by atoms with Crippen molar-refractivity contribution in [1.82, 2.24) is 15.4 Å². The molecular weight excluding hydrogens is 501 g/mol. The van der Waals surface area contributed by atoms with Crippen molar-refractivity contribution in [3.05, 3.63) is 70.4 Å². The number of hydroxylamine groups is 1. The maximum Gasteiger partial charge on any atom is 0.264 e. The van der Waals surface area contributed by atoms with Gasteiger partial charge in [0.2, 0.25) is 0 Å². The minimum atomic E-state index is -3.89. The molecule has 3 N–H and O–H groups in total. The van der Waals surface area contributed by atoms with Gasteiger partial charge in [-0.2, -0.15) is 0 Å². The Balaban J connectivity index is 1.81.